The van der Waals surface area contributed by atoms with Gasteiger partial charge in [0.15, 0.2) is 5.82 Å². The van der Waals surface area contributed by atoms with Crippen molar-refractivity contribution >= 4 is 45.7 Å². The zero-order valence-corrected chi connectivity index (χ0v) is 23.4. The number of nitrogens with two attached hydrogens (primary N) is 2. The lowest BCUT2D eigenvalue weighted by Gasteiger charge is -2.21. The van der Waals surface area contributed by atoms with Crippen LogP contribution in [0.25, 0.3) is 22.4 Å². The number of nitrogens with zero attached hydrogens (tertiary/aromatic N) is 5. The molecule has 2 aromatic carbocycles. The number of fused-ring (bicyclic) bond motifs is 2. The summed E-state index contributed by atoms with van der Waals surface area (Å²) in [6, 6.07) is 14.1. The van der Waals surface area contributed by atoms with Gasteiger partial charge in [0.05, 0.1) is 23.3 Å². The van der Waals surface area contributed by atoms with E-state index in [0.29, 0.717) is 33.9 Å². The fourth-order valence-corrected chi connectivity index (χ4v) is 6.06. The maximum atomic E-state index is 14.4. The van der Waals surface area contributed by atoms with E-state index < -0.39 is 16.7 Å². The third-order valence-electron chi connectivity index (χ3n) is 7.54. The summed E-state index contributed by atoms with van der Waals surface area (Å²) in [6.07, 6.45) is 0.330. The Morgan fingerprint density at radius 1 is 1.12 bits per heavy atom. The van der Waals surface area contributed by atoms with Crippen molar-refractivity contribution in [3.05, 3.63) is 81.6 Å². The van der Waals surface area contributed by atoms with Crippen LogP contribution >= 0.6 is 11.3 Å². The van der Waals surface area contributed by atoms with E-state index in [4.69, 9.17) is 16.6 Å². The van der Waals surface area contributed by atoms with E-state index in [-0.39, 0.29) is 35.7 Å². The molecule has 1 aliphatic rings. The Labute approximate surface area is 238 Å². The van der Waals surface area contributed by atoms with Crippen molar-refractivity contribution < 1.29 is 14.0 Å². The van der Waals surface area contributed by atoms with Gasteiger partial charge in [-0.3, -0.25) is 14.3 Å². The molecule has 5 aromatic rings. The fraction of sp³-hybridized carbons (Fsp3) is 0.241. The van der Waals surface area contributed by atoms with Crippen molar-refractivity contribution in [3.63, 3.8) is 0 Å². The maximum absolute atomic E-state index is 14.4. The van der Waals surface area contributed by atoms with Gasteiger partial charge in [0, 0.05) is 28.2 Å². The first-order chi connectivity index (χ1) is 19.5. The second-order valence-electron chi connectivity index (χ2n) is 10.9. The Hall–Kier alpha value is -4.71. The highest BCUT2D eigenvalue weighted by atomic mass is 32.1. The summed E-state index contributed by atoms with van der Waals surface area (Å²) in [5.41, 5.74) is 12.8. The molecule has 3 aromatic heterocycles. The summed E-state index contributed by atoms with van der Waals surface area (Å²) in [5.74, 6) is -0.462. The Kier molecular flexibility index (Phi) is 6.11. The summed E-state index contributed by atoms with van der Waals surface area (Å²) in [5, 5.41) is 10.7. The van der Waals surface area contributed by atoms with Crippen LogP contribution in [0.2, 0.25) is 0 Å². The Morgan fingerprint density at radius 2 is 1.85 bits per heavy atom. The first kappa shape index (κ1) is 26.5. The molecule has 0 spiro atoms. The van der Waals surface area contributed by atoms with Gasteiger partial charge in [-0.15, -0.1) is 11.3 Å². The van der Waals surface area contributed by atoms with E-state index in [9.17, 15) is 14.0 Å². The number of aromatic nitrogens is 5. The minimum Gasteiger partial charge on any atom is -0.383 e. The van der Waals surface area contributed by atoms with Crippen LogP contribution in [0, 0.1) is 11.2 Å². The Bertz CT molecular complexity index is 1860. The first-order valence-electron chi connectivity index (χ1n) is 12.9. The number of thiazole rings is 1. The number of hydrogen-bond donors (Lipinski definition) is 3. The van der Waals surface area contributed by atoms with Crippen molar-refractivity contribution in [1.29, 1.82) is 0 Å². The van der Waals surface area contributed by atoms with Crippen LogP contribution in [0.4, 0.5) is 16.0 Å². The molecule has 1 unspecified atom stereocenters. The molecule has 2 amide bonds. The standard InChI is InChI=1S/C29H27FN8O2S/c1-28(2,25(32)39)12-16-14-41-27(33-16)29(3)20-22(31)34-24(35-23(20)36-26(29)40)21-17-9-5-7-11-19(17)38(37-21)13-15-8-4-6-10-18(15)30/h4-11,14H,12-13H2,1-3H3,(H2,32,39)(H3,31,34,35,36,40). The van der Waals surface area contributed by atoms with Gasteiger partial charge < -0.3 is 16.8 Å². The van der Waals surface area contributed by atoms with Crippen LogP contribution in [-0.2, 0) is 28.0 Å². The number of primary amides is 1. The molecule has 0 fully saturated rings. The van der Waals surface area contributed by atoms with E-state index in [1.807, 2.05) is 29.6 Å². The molecular weight excluding hydrogens is 543 g/mol. The highest BCUT2D eigenvalue weighted by Gasteiger charge is 2.50. The lowest BCUT2D eigenvalue weighted by atomic mass is 9.84. The number of nitrogen functional groups attached to an aromatic ring is 1. The Morgan fingerprint density at radius 3 is 2.61 bits per heavy atom. The second-order valence-corrected chi connectivity index (χ2v) is 11.8. The van der Waals surface area contributed by atoms with Gasteiger partial charge in [0.2, 0.25) is 11.8 Å². The van der Waals surface area contributed by atoms with E-state index in [1.54, 1.807) is 43.7 Å². The summed E-state index contributed by atoms with van der Waals surface area (Å²) in [7, 11) is 0. The summed E-state index contributed by atoms with van der Waals surface area (Å²) in [4.78, 5) is 39.2. The van der Waals surface area contributed by atoms with Gasteiger partial charge in [-0.1, -0.05) is 50.2 Å². The molecule has 0 aliphatic carbocycles. The van der Waals surface area contributed by atoms with Gasteiger partial charge in [-0.05, 0) is 19.1 Å². The van der Waals surface area contributed by atoms with Crippen LogP contribution in [0.3, 0.4) is 0 Å². The third kappa shape index (κ3) is 4.31. The Balaban J connectivity index is 1.41. The molecule has 0 saturated carbocycles. The third-order valence-corrected chi connectivity index (χ3v) is 8.65. The number of amides is 2. The molecule has 5 N–H and O–H groups in total. The predicted octanol–water partition coefficient (Wildman–Crippen LogP) is 4.03. The molecular formula is C29H27FN8O2S. The maximum Gasteiger partial charge on any atom is 0.243 e. The van der Waals surface area contributed by atoms with Crippen molar-refractivity contribution in [2.75, 3.05) is 11.1 Å². The molecule has 41 heavy (non-hydrogen) atoms. The van der Waals surface area contributed by atoms with E-state index in [2.05, 4.69) is 20.3 Å². The second kappa shape index (κ2) is 9.44. The quantitative estimate of drug-likeness (QED) is 0.267. The van der Waals surface area contributed by atoms with Crippen molar-refractivity contribution in [2.24, 2.45) is 11.1 Å². The number of para-hydroxylation sites is 1. The largest absolute Gasteiger partial charge is 0.383 e. The summed E-state index contributed by atoms with van der Waals surface area (Å²) < 4.78 is 16.1. The van der Waals surface area contributed by atoms with E-state index >= 15 is 0 Å². The molecule has 6 rings (SSSR count). The van der Waals surface area contributed by atoms with Crippen LogP contribution < -0.4 is 16.8 Å². The molecule has 4 heterocycles. The van der Waals surface area contributed by atoms with E-state index in [0.717, 1.165) is 10.9 Å². The van der Waals surface area contributed by atoms with Gasteiger partial charge in [0.25, 0.3) is 0 Å². The smallest absolute Gasteiger partial charge is 0.243 e. The molecule has 0 saturated heterocycles. The zero-order chi connectivity index (χ0) is 29.1. The number of nitrogens with one attached hydrogen (secondary N) is 1. The van der Waals surface area contributed by atoms with Gasteiger partial charge in [-0.2, -0.15) is 5.10 Å². The number of carbonyl (C=O) groups is 2. The molecule has 0 radical (unpaired) electrons. The molecule has 208 valence electrons. The minimum absolute atomic E-state index is 0.118. The van der Waals surface area contributed by atoms with Crippen LogP contribution in [0.5, 0.6) is 0 Å². The number of carbonyl (C=O) groups excluding carboxylic acids is 2. The van der Waals surface area contributed by atoms with Crippen molar-refractivity contribution in [2.45, 2.75) is 39.2 Å². The highest BCUT2D eigenvalue weighted by Crippen LogP contribution is 2.46. The lowest BCUT2D eigenvalue weighted by molar-refractivity contribution is -0.126. The average molecular weight is 571 g/mol. The molecule has 1 atom stereocenters. The van der Waals surface area contributed by atoms with Crippen LogP contribution in [0.15, 0.2) is 53.9 Å². The van der Waals surface area contributed by atoms with Crippen LogP contribution in [-0.4, -0.2) is 36.5 Å². The topological polar surface area (TPSA) is 155 Å². The number of benzene rings is 2. The molecule has 12 heteroatoms. The number of anilines is 2. The molecule has 10 nitrogen and oxygen atoms in total. The number of halogens is 1. The highest BCUT2D eigenvalue weighted by molar-refractivity contribution is 7.10. The lowest BCUT2D eigenvalue weighted by Crippen LogP contribution is -2.34. The molecule has 1 aliphatic heterocycles. The SMILES string of the molecule is CC(C)(Cc1csc(C2(C)C(=O)Nc3nc(-c4nn(Cc5ccccc5F)c5ccccc45)nc(N)c32)n1)C(N)=O. The summed E-state index contributed by atoms with van der Waals surface area (Å²) in [6.45, 7) is 5.44. The van der Waals surface area contributed by atoms with Gasteiger partial charge in [0.1, 0.15) is 33.6 Å². The summed E-state index contributed by atoms with van der Waals surface area (Å²) >= 11 is 1.30. The number of rotatable bonds is 7. The van der Waals surface area contributed by atoms with E-state index in [1.165, 1.54) is 17.4 Å². The first-order valence-corrected chi connectivity index (χ1v) is 13.8. The van der Waals surface area contributed by atoms with Crippen LogP contribution in [0.1, 0.15) is 42.6 Å². The van der Waals surface area contributed by atoms with Crippen molar-refractivity contribution in [3.8, 4) is 11.5 Å². The van der Waals surface area contributed by atoms with Gasteiger partial charge >= 0.3 is 0 Å². The predicted molar refractivity (Wildman–Crippen MR) is 155 cm³/mol. The normalized spacial score (nSPS) is 16.6. The monoisotopic (exact) mass is 570 g/mol. The van der Waals surface area contributed by atoms with Crippen molar-refractivity contribution in [1.82, 2.24) is 24.7 Å². The number of hydrogen-bond acceptors (Lipinski definition) is 8. The van der Waals surface area contributed by atoms with Gasteiger partial charge in [-0.25, -0.2) is 19.3 Å². The zero-order valence-electron chi connectivity index (χ0n) is 22.6. The average Bonchev–Trinajstić information content (AvgIpc) is 3.61. The minimum atomic E-state index is -1.23. The molecule has 0 bridgehead atoms. The fourth-order valence-electron chi connectivity index (χ4n) is 5.08.